The standard InChI is InChI=1S/C15H22N2O/c1-2-17(11-13-8-9-13)15(18)14(16)10-12-6-4-3-5-7-12/h3-7,13-14H,2,8-11,16H2,1H3/t14-/m1/s1. The summed E-state index contributed by atoms with van der Waals surface area (Å²) in [5.41, 5.74) is 7.16. The fourth-order valence-corrected chi connectivity index (χ4v) is 2.18. The average Bonchev–Trinajstić information content (AvgIpc) is 3.20. The third-order valence-corrected chi connectivity index (χ3v) is 3.48. The van der Waals surface area contributed by atoms with Gasteiger partial charge < -0.3 is 10.6 Å². The van der Waals surface area contributed by atoms with E-state index in [2.05, 4.69) is 0 Å². The van der Waals surface area contributed by atoms with Crippen molar-refractivity contribution in [3.05, 3.63) is 35.9 Å². The van der Waals surface area contributed by atoms with E-state index in [0.717, 1.165) is 24.6 Å². The molecule has 1 aromatic rings. The van der Waals surface area contributed by atoms with E-state index >= 15 is 0 Å². The second-order valence-corrected chi connectivity index (χ2v) is 5.12. The molecule has 0 aromatic heterocycles. The van der Waals surface area contributed by atoms with Gasteiger partial charge in [0.05, 0.1) is 6.04 Å². The van der Waals surface area contributed by atoms with Gasteiger partial charge in [0.2, 0.25) is 5.91 Å². The van der Waals surface area contributed by atoms with E-state index in [4.69, 9.17) is 5.73 Å². The quantitative estimate of drug-likeness (QED) is 0.832. The summed E-state index contributed by atoms with van der Waals surface area (Å²) in [5.74, 6) is 0.811. The summed E-state index contributed by atoms with van der Waals surface area (Å²) in [4.78, 5) is 14.2. The molecule has 0 aliphatic heterocycles. The predicted molar refractivity (Wildman–Crippen MR) is 73.1 cm³/mol. The van der Waals surface area contributed by atoms with Crippen molar-refractivity contribution in [2.75, 3.05) is 13.1 Å². The largest absolute Gasteiger partial charge is 0.341 e. The lowest BCUT2D eigenvalue weighted by molar-refractivity contribution is -0.132. The summed E-state index contributed by atoms with van der Waals surface area (Å²) in [6, 6.07) is 9.56. The normalized spacial score (nSPS) is 16.3. The first-order valence-electron chi connectivity index (χ1n) is 6.79. The highest BCUT2D eigenvalue weighted by atomic mass is 16.2. The van der Waals surface area contributed by atoms with Gasteiger partial charge in [0.1, 0.15) is 0 Å². The van der Waals surface area contributed by atoms with Gasteiger partial charge in [-0.3, -0.25) is 4.79 Å². The SMILES string of the molecule is CCN(CC1CC1)C(=O)[C@H](N)Cc1ccccc1. The molecule has 0 spiro atoms. The highest BCUT2D eigenvalue weighted by Crippen LogP contribution is 2.29. The summed E-state index contributed by atoms with van der Waals surface area (Å²) in [5, 5.41) is 0. The average molecular weight is 246 g/mol. The lowest BCUT2D eigenvalue weighted by Gasteiger charge is -2.24. The zero-order chi connectivity index (χ0) is 13.0. The Labute approximate surface area is 109 Å². The summed E-state index contributed by atoms with van der Waals surface area (Å²) in [6.45, 7) is 3.67. The fourth-order valence-electron chi connectivity index (χ4n) is 2.18. The van der Waals surface area contributed by atoms with Crippen molar-refractivity contribution < 1.29 is 4.79 Å². The number of rotatable bonds is 6. The molecule has 1 saturated carbocycles. The molecule has 1 fully saturated rings. The number of benzene rings is 1. The maximum absolute atomic E-state index is 12.2. The van der Waals surface area contributed by atoms with Gasteiger partial charge in [-0.15, -0.1) is 0 Å². The second-order valence-electron chi connectivity index (χ2n) is 5.12. The summed E-state index contributed by atoms with van der Waals surface area (Å²) < 4.78 is 0. The molecular weight excluding hydrogens is 224 g/mol. The zero-order valence-corrected chi connectivity index (χ0v) is 11.0. The van der Waals surface area contributed by atoms with Gasteiger partial charge in [0.25, 0.3) is 0 Å². The molecule has 2 rings (SSSR count). The molecule has 1 aliphatic carbocycles. The first-order chi connectivity index (χ1) is 8.70. The van der Waals surface area contributed by atoms with Gasteiger partial charge in [-0.2, -0.15) is 0 Å². The van der Waals surface area contributed by atoms with Crippen LogP contribution in [-0.2, 0) is 11.2 Å². The van der Waals surface area contributed by atoms with Crippen LogP contribution in [0.3, 0.4) is 0 Å². The monoisotopic (exact) mass is 246 g/mol. The van der Waals surface area contributed by atoms with Crippen molar-refractivity contribution in [1.29, 1.82) is 0 Å². The molecule has 0 saturated heterocycles. The number of amides is 1. The van der Waals surface area contributed by atoms with Gasteiger partial charge in [0, 0.05) is 13.1 Å². The van der Waals surface area contributed by atoms with Gasteiger partial charge >= 0.3 is 0 Å². The predicted octanol–water partition coefficient (Wildman–Crippen LogP) is 1.81. The van der Waals surface area contributed by atoms with Crippen molar-refractivity contribution in [1.82, 2.24) is 4.90 Å². The van der Waals surface area contributed by atoms with Crippen molar-refractivity contribution in [3.63, 3.8) is 0 Å². The van der Waals surface area contributed by atoms with E-state index in [1.165, 1.54) is 12.8 Å². The Hall–Kier alpha value is -1.35. The van der Waals surface area contributed by atoms with E-state index in [-0.39, 0.29) is 5.91 Å². The molecule has 1 aliphatic rings. The van der Waals surface area contributed by atoms with E-state index in [9.17, 15) is 4.79 Å². The molecule has 0 bridgehead atoms. The number of hydrogen-bond acceptors (Lipinski definition) is 2. The number of nitrogens with two attached hydrogens (primary N) is 1. The molecule has 0 radical (unpaired) electrons. The molecule has 1 atom stereocenters. The molecule has 0 heterocycles. The Morgan fingerprint density at radius 1 is 1.39 bits per heavy atom. The third kappa shape index (κ3) is 3.57. The van der Waals surface area contributed by atoms with Crippen LogP contribution in [0.15, 0.2) is 30.3 Å². The third-order valence-electron chi connectivity index (χ3n) is 3.48. The Balaban J connectivity index is 1.90. The minimum atomic E-state index is -0.411. The lowest BCUT2D eigenvalue weighted by atomic mass is 10.1. The van der Waals surface area contributed by atoms with Gasteiger partial charge in [-0.1, -0.05) is 30.3 Å². The van der Waals surface area contributed by atoms with Gasteiger partial charge in [-0.05, 0) is 37.7 Å². The molecule has 18 heavy (non-hydrogen) atoms. The maximum Gasteiger partial charge on any atom is 0.239 e. The van der Waals surface area contributed by atoms with E-state index in [0.29, 0.717) is 6.42 Å². The first kappa shape index (κ1) is 13.1. The molecule has 3 heteroatoms. The van der Waals surface area contributed by atoms with Crippen LogP contribution >= 0.6 is 0 Å². The Bertz CT molecular complexity index is 387. The molecule has 1 aromatic carbocycles. The highest BCUT2D eigenvalue weighted by molar-refractivity contribution is 5.82. The fraction of sp³-hybridized carbons (Fsp3) is 0.533. The van der Waals surface area contributed by atoms with Crippen molar-refractivity contribution in [3.8, 4) is 0 Å². The number of carbonyl (C=O) groups excluding carboxylic acids is 1. The minimum Gasteiger partial charge on any atom is -0.341 e. The van der Waals surface area contributed by atoms with Gasteiger partial charge in [0.15, 0.2) is 0 Å². The molecule has 2 N–H and O–H groups in total. The van der Waals surface area contributed by atoms with Crippen LogP contribution in [-0.4, -0.2) is 29.9 Å². The van der Waals surface area contributed by atoms with Crippen LogP contribution in [0.2, 0.25) is 0 Å². The van der Waals surface area contributed by atoms with E-state index < -0.39 is 6.04 Å². The summed E-state index contributed by atoms with van der Waals surface area (Å²) in [7, 11) is 0. The minimum absolute atomic E-state index is 0.0910. The highest BCUT2D eigenvalue weighted by Gasteiger charge is 2.28. The summed E-state index contributed by atoms with van der Waals surface area (Å²) >= 11 is 0. The Morgan fingerprint density at radius 2 is 2.06 bits per heavy atom. The van der Waals surface area contributed by atoms with Crippen LogP contribution in [0.25, 0.3) is 0 Å². The summed E-state index contributed by atoms with van der Waals surface area (Å²) in [6.07, 6.45) is 3.15. The number of nitrogens with zero attached hydrogens (tertiary/aromatic N) is 1. The van der Waals surface area contributed by atoms with E-state index in [1.807, 2.05) is 42.2 Å². The van der Waals surface area contributed by atoms with Crippen molar-refractivity contribution >= 4 is 5.91 Å². The van der Waals surface area contributed by atoms with E-state index in [1.54, 1.807) is 0 Å². The number of likely N-dealkylation sites (N-methyl/N-ethyl adjacent to an activating group) is 1. The van der Waals surface area contributed by atoms with Crippen LogP contribution < -0.4 is 5.73 Å². The van der Waals surface area contributed by atoms with Crippen molar-refractivity contribution in [2.45, 2.75) is 32.2 Å². The molecule has 98 valence electrons. The topological polar surface area (TPSA) is 46.3 Å². The maximum atomic E-state index is 12.2. The Kier molecular flexibility index (Phi) is 4.37. The van der Waals surface area contributed by atoms with Gasteiger partial charge in [-0.25, -0.2) is 0 Å². The number of carbonyl (C=O) groups is 1. The van der Waals surface area contributed by atoms with Crippen LogP contribution in [0, 0.1) is 5.92 Å². The van der Waals surface area contributed by atoms with Crippen LogP contribution in [0.1, 0.15) is 25.3 Å². The molecule has 3 nitrogen and oxygen atoms in total. The number of hydrogen-bond donors (Lipinski definition) is 1. The lowest BCUT2D eigenvalue weighted by Crippen LogP contribution is -2.45. The molecule has 1 amide bonds. The second kappa shape index (κ2) is 6.01. The molecular formula is C15H22N2O. The van der Waals surface area contributed by atoms with Crippen molar-refractivity contribution in [2.24, 2.45) is 11.7 Å². The molecule has 0 unspecified atom stereocenters. The Morgan fingerprint density at radius 3 is 2.61 bits per heavy atom. The van der Waals surface area contributed by atoms with Crippen LogP contribution in [0.5, 0.6) is 0 Å². The van der Waals surface area contributed by atoms with Crippen LogP contribution in [0.4, 0.5) is 0 Å². The first-order valence-corrected chi connectivity index (χ1v) is 6.79. The zero-order valence-electron chi connectivity index (χ0n) is 11.0. The smallest absolute Gasteiger partial charge is 0.239 e.